The average molecular weight is 364 g/mol. The van der Waals surface area contributed by atoms with Crippen molar-refractivity contribution in [1.29, 1.82) is 0 Å². The number of ether oxygens (including phenoxy) is 1. The quantitative estimate of drug-likeness (QED) is 0.703. The molecule has 140 valence electrons. The Hall–Kier alpha value is -2.86. The van der Waals surface area contributed by atoms with Crippen LogP contribution in [0.2, 0.25) is 0 Å². The highest BCUT2D eigenvalue weighted by Crippen LogP contribution is 2.23. The van der Waals surface area contributed by atoms with Gasteiger partial charge < -0.3 is 15.5 Å². The highest BCUT2D eigenvalue weighted by atomic mass is 16.5. The van der Waals surface area contributed by atoms with Gasteiger partial charge in [-0.1, -0.05) is 6.42 Å². The van der Waals surface area contributed by atoms with Crippen molar-refractivity contribution in [3.63, 3.8) is 0 Å². The van der Waals surface area contributed by atoms with Gasteiger partial charge >= 0.3 is 0 Å². The molecule has 1 aliphatic heterocycles. The van der Waals surface area contributed by atoms with E-state index in [0.717, 1.165) is 34.7 Å². The molecule has 0 unspecified atom stereocenters. The molecule has 0 spiro atoms. The molecule has 0 atom stereocenters. The van der Waals surface area contributed by atoms with E-state index >= 15 is 0 Å². The summed E-state index contributed by atoms with van der Waals surface area (Å²) in [5, 5.41) is 0. The Bertz CT molecular complexity index is 927. The summed E-state index contributed by atoms with van der Waals surface area (Å²) in [7, 11) is 0. The van der Waals surface area contributed by atoms with Crippen molar-refractivity contribution in [2.24, 2.45) is 5.73 Å². The summed E-state index contributed by atoms with van der Waals surface area (Å²) in [6.45, 7) is 4.06. The number of hydrogen-bond acceptors (Lipinski definition) is 4. The third-order valence-corrected chi connectivity index (χ3v) is 5.02. The molecule has 6 heteroatoms. The normalized spacial score (nSPS) is 15.1. The predicted molar refractivity (Wildman–Crippen MR) is 106 cm³/mol. The molecule has 0 bridgehead atoms. The van der Waals surface area contributed by atoms with Crippen molar-refractivity contribution in [3.05, 3.63) is 48.0 Å². The molecule has 1 aliphatic rings. The Kier molecular flexibility index (Phi) is 5.07. The van der Waals surface area contributed by atoms with Crippen molar-refractivity contribution in [2.45, 2.75) is 19.3 Å². The zero-order valence-corrected chi connectivity index (χ0v) is 15.3. The fourth-order valence-electron chi connectivity index (χ4n) is 3.48. The summed E-state index contributed by atoms with van der Waals surface area (Å²) in [6.07, 6.45) is 3.95. The molecule has 0 aliphatic carbocycles. The highest BCUT2D eigenvalue weighted by molar-refractivity contribution is 5.96. The van der Waals surface area contributed by atoms with Crippen LogP contribution >= 0.6 is 0 Å². The molecular weight excluding hydrogens is 340 g/mol. The van der Waals surface area contributed by atoms with Crippen LogP contribution in [0.5, 0.6) is 5.75 Å². The second kappa shape index (κ2) is 7.80. The molecule has 4 rings (SSSR count). The van der Waals surface area contributed by atoms with Gasteiger partial charge in [-0.15, -0.1) is 0 Å². The fourth-order valence-corrected chi connectivity index (χ4v) is 3.48. The molecule has 2 heterocycles. The number of aromatic amines is 1. The number of nitrogens with zero attached hydrogens (tertiary/aromatic N) is 2. The number of amides is 1. The predicted octanol–water partition coefficient (Wildman–Crippen LogP) is 3.19. The number of fused-ring (bicyclic) bond motifs is 1. The molecule has 0 saturated carbocycles. The zero-order valence-electron chi connectivity index (χ0n) is 15.3. The molecule has 1 aromatic heterocycles. The van der Waals surface area contributed by atoms with Gasteiger partial charge in [-0.3, -0.25) is 9.69 Å². The van der Waals surface area contributed by atoms with Gasteiger partial charge in [0.05, 0.1) is 11.0 Å². The van der Waals surface area contributed by atoms with Crippen molar-refractivity contribution in [1.82, 2.24) is 14.9 Å². The molecule has 3 aromatic rings. The Morgan fingerprint density at radius 3 is 2.63 bits per heavy atom. The van der Waals surface area contributed by atoms with Crippen molar-refractivity contribution >= 4 is 16.9 Å². The Balaban J connectivity index is 1.40. The van der Waals surface area contributed by atoms with Crippen molar-refractivity contribution in [2.75, 3.05) is 26.2 Å². The van der Waals surface area contributed by atoms with Crippen molar-refractivity contribution in [3.8, 4) is 17.1 Å². The molecular formula is C21H24N4O2. The van der Waals surface area contributed by atoms with E-state index in [1.165, 1.54) is 32.4 Å². The number of benzene rings is 2. The van der Waals surface area contributed by atoms with E-state index in [-0.39, 0.29) is 0 Å². The minimum Gasteiger partial charge on any atom is -0.492 e. The number of carbonyl (C=O) groups excluding carboxylic acids is 1. The first-order valence-corrected chi connectivity index (χ1v) is 9.44. The third-order valence-electron chi connectivity index (χ3n) is 5.02. The Morgan fingerprint density at radius 2 is 1.89 bits per heavy atom. The van der Waals surface area contributed by atoms with E-state index in [1.807, 2.05) is 24.3 Å². The van der Waals surface area contributed by atoms with Crippen LogP contribution < -0.4 is 10.5 Å². The SMILES string of the molecule is NC(=O)c1ccc2nc(-c3ccc(OCCN4CCCCC4)cc3)[nH]c2c1. The van der Waals surface area contributed by atoms with E-state index in [1.54, 1.807) is 18.2 Å². The number of hydrogen-bond donors (Lipinski definition) is 2. The van der Waals surface area contributed by atoms with Crippen LogP contribution in [0.1, 0.15) is 29.6 Å². The fraction of sp³-hybridized carbons (Fsp3) is 0.333. The van der Waals surface area contributed by atoms with Crippen LogP contribution in [-0.2, 0) is 0 Å². The van der Waals surface area contributed by atoms with Gasteiger partial charge in [0.2, 0.25) is 5.91 Å². The lowest BCUT2D eigenvalue weighted by atomic mass is 10.1. The molecule has 3 N–H and O–H groups in total. The number of nitrogens with one attached hydrogen (secondary N) is 1. The van der Waals surface area contributed by atoms with Crippen LogP contribution in [0.25, 0.3) is 22.4 Å². The lowest BCUT2D eigenvalue weighted by Crippen LogP contribution is -2.33. The van der Waals surface area contributed by atoms with Gasteiger partial charge in [-0.25, -0.2) is 4.98 Å². The maximum absolute atomic E-state index is 11.3. The summed E-state index contributed by atoms with van der Waals surface area (Å²) in [5.74, 6) is 1.17. The molecule has 1 saturated heterocycles. The van der Waals surface area contributed by atoms with E-state index in [9.17, 15) is 4.79 Å². The monoisotopic (exact) mass is 364 g/mol. The Morgan fingerprint density at radius 1 is 1.11 bits per heavy atom. The van der Waals surface area contributed by atoms with Crippen LogP contribution in [0.3, 0.4) is 0 Å². The first-order chi connectivity index (χ1) is 13.2. The van der Waals surface area contributed by atoms with E-state index in [2.05, 4.69) is 14.9 Å². The Labute approximate surface area is 158 Å². The number of carbonyl (C=O) groups is 1. The molecule has 0 radical (unpaired) electrons. The van der Waals surface area contributed by atoms with Gasteiger partial charge in [0.15, 0.2) is 0 Å². The minimum absolute atomic E-state index is 0.445. The third kappa shape index (κ3) is 4.11. The molecule has 1 amide bonds. The largest absolute Gasteiger partial charge is 0.492 e. The average Bonchev–Trinajstić information content (AvgIpc) is 3.12. The van der Waals surface area contributed by atoms with Gasteiger partial charge in [-0.05, 0) is 68.4 Å². The summed E-state index contributed by atoms with van der Waals surface area (Å²) in [6, 6.07) is 13.1. The first-order valence-electron chi connectivity index (χ1n) is 9.44. The topological polar surface area (TPSA) is 84.2 Å². The van der Waals surface area contributed by atoms with Gasteiger partial charge in [0, 0.05) is 17.7 Å². The van der Waals surface area contributed by atoms with Crippen LogP contribution in [0.15, 0.2) is 42.5 Å². The first kappa shape index (κ1) is 17.5. The van der Waals surface area contributed by atoms with Crippen molar-refractivity contribution < 1.29 is 9.53 Å². The zero-order chi connectivity index (χ0) is 18.6. The van der Waals surface area contributed by atoms with Gasteiger partial charge in [0.1, 0.15) is 18.2 Å². The maximum atomic E-state index is 11.3. The number of imidazole rings is 1. The maximum Gasteiger partial charge on any atom is 0.248 e. The molecule has 1 fully saturated rings. The van der Waals surface area contributed by atoms with Crippen LogP contribution in [0, 0.1) is 0 Å². The summed E-state index contributed by atoms with van der Waals surface area (Å²) in [4.78, 5) is 21.6. The molecule has 27 heavy (non-hydrogen) atoms. The second-order valence-electron chi connectivity index (χ2n) is 6.96. The highest BCUT2D eigenvalue weighted by Gasteiger charge is 2.10. The van der Waals surface area contributed by atoms with E-state index in [4.69, 9.17) is 10.5 Å². The van der Waals surface area contributed by atoms with Gasteiger partial charge in [0.25, 0.3) is 0 Å². The van der Waals surface area contributed by atoms with E-state index in [0.29, 0.717) is 12.2 Å². The summed E-state index contributed by atoms with van der Waals surface area (Å²) >= 11 is 0. The standard InChI is InChI=1S/C21H24N4O2/c22-20(26)16-6-9-18-19(14-16)24-21(23-18)15-4-7-17(8-5-15)27-13-12-25-10-2-1-3-11-25/h4-9,14H,1-3,10-13H2,(H2,22,26)(H,23,24). The molecule has 6 nitrogen and oxygen atoms in total. The molecule has 2 aromatic carbocycles. The lowest BCUT2D eigenvalue weighted by Gasteiger charge is -2.26. The summed E-state index contributed by atoms with van der Waals surface area (Å²) in [5.41, 5.74) is 8.37. The number of likely N-dealkylation sites (tertiary alicyclic amines) is 1. The van der Waals surface area contributed by atoms with Gasteiger partial charge in [-0.2, -0.15) is 0 Å². The minimum atomic E-state index is -0.445. The number of H-pyrrole nitrogens is 1. The number of nitrogens with two attached hydrogens (primary N) is 1. The smallest absolute Gasteiger partial charge is 0.248 e. The number of piperidine rings is 1. The lowest BCUT2D eigenvalue weighted by molar-refractivity contribution is 0.100. The number of aromatic nitrogens is 2. The van der Waals surface area contributed by atoms with Crippen LogP contribution in [-0.4, -0.2) is 47.0 Å². The van der Waals surface area contributed by atoms with Crippen LogP contribution in [0.4, 0.5) is 0 Å². The van der Waals surface area contributed by atoms with E-state index < -0.39 is 5.91 Å². The summed E-state index contributed by atoms with van der Waals surface area (Å²) < 4.78 is 5.88. The number of rotatable bonds is 6. The number of primary amides is 1. The second-order valence-corrected chi connectivity index (χ2v) is 6.96.